The van der Waals surface area contributed by atoms with Crippen LogP contribution in [0.4, 0.5) is 17.1 Å². The fourth-order valence-electron chi connectivity index (χ4n) is 8.31. The molecule has 2 heteroatoms. The SMILES string of the molecule is CC1(C)c2ccccc2-c2ccc(N(c3ccc(-c4ccc5oc6ccccc6c5c4)cc3)c3ccc(-c4ccccc4)c4ccccc34)cc21. The number of anilines is 3. The molecule has 9 aromatic rings. The fraction of sp³-hybridized carbons (Fsp3) is 0.0612. The molecule has 0 bridgehead atoms. The van der Waals surface area contributed by atoms with Gasteiger partial charge in [0.15, 0.2) is 0 Å². The van der Waals surface area contributed by atoms with Crippen molar-refractivity contribution in [2.24, 2.45) is 0 Å². The lowest BCUT2D eigenvalue weighted by molar-refractivity contribution is 0.660. The van der Waals surface area contributed by atoms with Gasteiger partial charge in [-0.05, 0) is 98.4 Å². The van der Waals surface area contributed by atoms with Crippen molar-refractivity contribution < 1.29 is 4.42 Å². The van der Waals surface area contributed by atoms with Gasteiger partial charge < -0.3 is 9.32 Å². The molecule has 0 spiro atoms. The average Bonchev–Trinajstić information content (AvgIpc) is 3.67. The van der Waals surface area contributed by atoms with Crippen molar-refractivity contribution in [2.75, 3.05) is 4.90 Å². The quantitative estimate of drug-likeness (QED) is 0.184. The number of rotatable bonds is 5. The van der Waals surface area contributed by atoms with Gasteiger partial charge in [0.1, 0.15) is 11.2 Å². The number of fused-ring (bicyclic) bond motifs is 7. The molecule has 0 fully saturated rings. The molecule has 0 N–H and O–H groups in total. The lowest BCUT2D eigenvalue weighted by Crippen LogP contribution is -2.16. The number of nitrogens with zero attached hydrogens (tertiary/aromatic N) is 1. The van der Waals surface area contributed by atoms with Gasteiger partial charge in [0, 0.05) is 32.9 Å². The summed E-state index contributed by atoms with van der Waals surface area (Å²) >= 11 is 0. The van der Waals surface area contributed by atoms with Crippen molar-refractivity contribution in [1.29, 1.82) is 0 Å². The maximum absolute atomic E-state index is 6.12. The second-order valence-electron chi connectivity index (χ2n) is 14.1. The number of benzene rings is 8. The first-order valence-corrected chi connectivity index (χ1v) is 17.7. The Balaban J connectivity index is 1.14. The van der Waals surface area contributed by atoms with Crippen LogP contribution in [0.25, 0.3) is 66.1 Å². The zero-order valence-electron chi connectivity index (χ0n) is 28.6. The second kappa shape index (κ2) is 11.3. The van der Waals surface area contributed by atoms with E-state index in [0.29, 0.717) is 0 Å². The third-order valence-electron chi connectivity index (χ3n) is 10.9. The van der Waals surface area contributed by atoms with E-state index in [1.807, 2.05) is 12.1 Å². The minimum Gasteiger partial charge on any atom is -0.456 e. The maximum atomic E-state index is 6.12. The molecule has 0 atom stereocenters. The van der Waals surface area contributed by atoms with Crippen LogP contribution < -0.4 is 4.90 Å². The Bertz CT molecular complexity index is 2770. The minimum absolute atomic E-state index is 0.105. The molecular weight excluding hydrogens is 619 g/mol. The highest BCUT2D eigenvalue weighted by Crippen LogP contribution is 2.51. The molecule has 0 saturated heterocycles. The third kappa shape index (κ3) is 4.64. The van der Waals surface area contributed by atoms with Crippen LogP contribution in [-0.2, 0) is 5.41 Å². The van der Waals surface area contributed by atoms with Gasteiger partial charge in [-0.3, -0.25) is 0 Å². The van der Waals surface area contributed by atoms with Gasteiger partial charge in [0.2, 0.25) is 0 Å². The van der Waals surface area contributed by atoms with Gasteiger partial charge in [0.25, 0.3) is 0 Å². The largest absolute Gasteiger partial charge is 0.456 e. The van der Waals surface area contributed by atoms with Crippen molar-refractivity contribution in [3.05, 3.63) is 187 Å². The molecule has 1 heterocycles. The Kier molecular flexibility index (Phi) is 6.56. The normalized spacial score (nSPS) is 13.1. The zero-order valence-corrected chi connectivity index (χ0v) is 28.6. The van der Waals surface area contributed by atoms with Gasteiger partial charge in [0.05, 0.1) is 5.69 Å². The number of furan rings is 1. The Morgan fingerprint density at radius 1 is 0.392 bits per heavy atom. The molecule has 0 radical (unpaired) electrons. The standard InChI is InChI=1S/C49H35NO/c1-49(2)44-18-10-8-15-39(44)40-26-25-36(31-45(40)49)50(46-28-27-37(33-12-4-3-5-13-33)38-14-6-7-16-41(38)46)35-23-20-32(21-24-35)34-22-29-48-43(30-34)42-17-9-11-19-47(42)51-48/h3-31H,1-2H3. The number of para-hydroxylation sites is 1. The van der Waals surface area contributed by atoms with Gasteiger partial charge >= 0.3 is 0 Å². The predicted molar refractivity (Wildman–Crippen MR) is 214 cm³/mol. The van der Waals surface area contributed by atoms with Crippen LogP contribution in [0.15, 0.2) is 180 Å². The molecule has 0 aliphatic heterocycles. The summed E-state index contributed by atoms with van der Waals surface area (Å²) in [5.74, 6) is 0. The monoisotopic (exact) mass is 653 g/mol. The molecule has 10 rings (SSSR count). The first-order chi connectivity index (χ1) is 25.0. The van der Waals surface area contributed by atoms with Crippen LogP contribution in [0.3, 0.4) is 0 Å². The van der Waals surface area contributed by atoms with Crippen molar-refractivity contribution >= 4 is 49.8 Å². The van der Waals surface area contributed by atoms with Crippen molar-refractivity contribution in [3.8, 4) is 33.4 Å². The Labute approximate surface area is 297 Å². The summed E-state index contributed by atoms with van der Waals surface area (Å²) in [6.45, 7) is 4.70. The lowest BCUT2D eigenvalue weighted by Gasteiger charge is -2.29. The molecule has 8 aromatic carbocycles. The van der Waals surface area contributed by atoms with Crippen LogP contribution in [0.5, 0.6) is 0 Å². The molecule has 0 amide bonds. The van der Waals surface area contributed by atoms with E-state index in [-0.39, 0.29) is 5.41 Å². The maximum Gasteiger partial charge on any atom is 0.135 e. The van der Waals surface area contributed by atoms with Crippen molar-refractivity contribution in [1.82, 2.24) is 0 Å². The topological polar surface area (TPSA) is 16.4 Å². The molecule has 1 aliphatic rings. The molecule has 1 aromatic heterocycles. The Morgan fingerprint density at radius 3 is 1.86 bits per heavy atom. The van der Waals surface area contributed by atoms with Crippen molar-refractivity contribution in [3.63, 3.8) is 0 Å². The summed E-state index contributed by atoms with van der Waals surface area (Å²) in [7, 11) is 0. The first-order valence-electron chi connectivity index (χ1n) is 17.7. The summed E-state index contributed by atoms with van der Waals surface area (Å²) in [4.78, 5) is 2.44. The van der Waals surface area contributed by atoms with E-state index in [1.165, 1.54) is 55.3 Å². The van der Waals surface area contributed by atoms with Crippen LogP contribution in [-0.4, -0.2) is 0 Å². The van der Waals surface area contributed by atoms with Gasteiger partial charge in [-0.2, -0.15) is 0 Å². The molecular formula is C49H35NO. The highest BCUT2D eigenvalue weighted by molar-refractivity contribution is 6.07. The molecule has 0 unspecified atom stereocenters. The summed E-state index contributed by atoms with van der Waals surface area (Å²) in [6.07, 6.45) is 0. The van der Waals surface area contributed by atoms with Gasteiger partial charge in [-0.15, -0.1) is 0 Å². The third-order valence-corrected chi connectivity index (χ3v) is 10.9. The van der Waals surface area contributed by atoms with Gasteiger partial charge in [-0.25, -0.2) is 0 Å². The molecule has 51 heavy (non-hydrogen) atoms. The van der Waals surface area contributed by atoms with E-state index in [0.717, 1.165) is 39.0 Å². The smallest absolute Gasteiger partial charge is 0.135 e. The Hall–Kier alpha value is -6.38. The van der Waals surface area contributed by atoms with E-state index in [1.54, 1.807) is 0 Å². The van der Waals surface area contributed by atoms with Crippen LogP contribution in [0, 0.1) is 0 Å². The minimum atomic E-state index is -0.105. The zero-order chi connectivity index (χ0) is 34.1. The van der Waals surface area contributed by atoms with Crippen molar-refractivity contribution in [2.45, 2.75) is 19.3 Å². The van der Waals surface area contributed by atoms with Crippen LogP contribution in [0.2, 0.25) is 0 Å². The number of hydrogen-bond donors (Lipinski definition) is 0. The van der Waals surface area contributed by atoms with E-state index in [2.05, 4.69) is 183 Å². The summed E-state index contributed by atoms with van der Waals surface area (Å²) in [5.41, 5.74) is 15.3. The molecule has 242 valence electrons. The van der Waals surface area contributed by atoms with Crippen LogP contribution in [0.1, 0.15) is 25.0 Å². The average molecular weight is 654 g/mol. The highest BCUT2D eigenvalue weighted by Gasteiger charge is 2.35. The summed E-state index contributed by atoms with van der Waals surface area (Å²) in [6, 6.07) is 63.8. The predicted octanol–water partition coefficient (Wildman–Crippen LogP) is 13.8. The lowest BCUT2D eigenvalue weighted by atomic mass is 9.82. The molecule has 0 saturated carbocycles. The van der Waals surface area contributed by atoms with E-state index in [4.69, 9.17) is 4.42 Å². The first kappa shape index (κ1) is 29.5. The van der Waals surface area contributed by atoms with E-state index >= 15 is 0 Å². The second-order valence-corrected chi connectivity index (χ2v) is 14.1. The van der Waals surface area contributed by atoms with E-state index in [9.17, 15) is 0 Å². The Morgan fingerprint density at radius 2 is 1.02 bits per heavy atom. The molecule has 2 nitrogen and oxygen atoms in total. The number of hydrogen-bond acceptors (Lipinski definition) is 2. The summed E-state index contributed by atoms with van der Waals surface area (Å²) < 4.78 is 6.12. The van der Waals surface area contributed by atoms with Gasteiger partial charge in [-0.1, -0.05) is 141 Å². The van der Waals surface area contributed by atoms with E-state index < -0.39 is 0 Å². The molecule has 1 aliphatic carbocycles. The van der Waals surface area contributed by atoms with Crippen LogP contribution >= 0.6 is 0 Å². The highest BCUT2D eigenvalue weighted by atomic mass is 16.3. The summed E-state index contributed by atoms with van der Waals surface area (Å²) in [5, 5.41) is 4.73. The fourth-order valence-corrected chi connectivity index (χ4v) is 8.31.